The maximum absolute atomic E-state index is 12.3. The van der Waals surface area contributed by atoms with E-state index < -0.39 is 5.60 Å². The molecule has 6 nitrogen and oxygen atoms in total. The summed E-state index contributed by atoms with van der Waals surface area (Å²) in [4.78, 5) is 27.9. The van der Waals surface area contributed by atoms with Crippen LogP contribution in [-0.4, -0.2) is 53.3 Å². The number of hydrogen-bond donors (Lipinski definition) is 0. The first kappa shape index (κ1) is 17.6. The Labute approximate surface area is 148 Å². The first-order chi connectivity index (χ1) is 11.8. The molecule has 0 saturated carbocycles. The van der Waals surface area contributed by atoms with Gasteiger partial charge in [-0.15, -0.1) is 0 Å². The average molecular weight is 346 g/mol. The van der Waals surface area contributed by atoms with Crippen LogP contribution in [0.2, 0.25) is 0 Å². The van der Waals surface area contributed by atoms with Crippen molar-refractivity contribution in [2.24, 2.45) is 5.92 Å². The molecule has 2 atom stereocenters. The SMILES string of the molecule is CC(C)(C)OC(=O)N1CC[C@H]2[C@@H](C1)CN2C(=O)OCc1ccccc1. The summed E-state index contributed by atoms with van der Waals surface area (Å²) in [6, 6.07) is 9.83. The van der Waals surface area contributed by atoms with Crippen molar-refractivity contribution in [1.82, 2.24) is 9.80 Å². The fraction of sp³-hybridized carbons (Fsp3) is 0.579. The fourth-order valence-electron chi connectivity index (χ4n) is 3.36. The Kier molecular flexibility index (Phi) is 4.88. The molecule has 2 aliphatic heterocycles. The Morgan fingerprint density at radius 3 is 2.48 bits per heavy atom. The lowest BCUT2D eigenvalue weighted by atomic mass is 9.83. The molecule has 1 aromatic carbocycles. The maximum Gasteiger partial charge on any atom is 0.410 e. The van der Waals surface area contributed by atoms with Gasteiger partial charge in [-0.05, 0) is 32.8 Å². The van der Waals surface area contributed by atoms with Gasteiger partial charge in [0.2, 0.25) is 0 Å². The number of nitrogens with zero attached hydrogens (tertiary/aromatic N) is 2. The zero-order valence-electron chi connectivity index (χ0n) is 15.1. The largest absolute Gasteiger partial charge is 0.445 e. The molecular weight excluding hydrogens is 320 g/mol. The van der Waals surface area contributed by atoms with E-state index in [2.05, 4.69) is 0 Å². The molecule has 25 heavy (non-hydrogen) atoms. The molecule has 2 amide bonds. The third kappa shape index (κ3) is 4.24. The molecule has 0 spiro atoms. The molecule has 2 aliphatic rings. The lowest BCUT2D eigenvalue weighted by Gasteiger charge is -2.52. The number of benzene rings is 1. The molecule has 2 fully saturated rings. The smallest absolute Gasteiger partial charge is 0.410 e. The molecule has 136 valence electrons. The van der Waals surface area contributed by atoms with Gasteiger partial charge in [0.25, 0.3) is 0 Å². The van der Waals surface area contributed by atoms with Gasteiger partial charge < -0.3 is 19.3 Å². The van der Waals surface area contributed by atoms with Crippen LogP contribution in [0.4, 0.5) is 9.59 Å². The van der Waals surface area contributed by atoms with E-state index in [0.717, 1.165) is 12.0 Å². The second-order valence-corrected chi connectivity index (χ2v) is 7.74. The molecule has 6 heteroatoms. The normalized spacial score (nSPS) is 22.7. The summed E-state index contributed by atoms with van der Waals surface area (Å²) in [7, 11) is 0. The minimum absolute atomic E-state index is 0.168. The summed E-state index contributed by atoms with van der Waals surface area (Å²) in [5, 5.41) is 0. The zero-order chi connectivity index (χ0) is 18.0. The van der Waals surface area contributed by atoms with E-state index in [0.29, 0.717) is 25.6 Å². The maximum atomic E-state index is 12.3. The van der Waals surface area contributed by atoms with Crippen molar-refractivity contribution in [3.63, 3.8) is 0 Å². The van der Waals surface area contributed by atoms with Crippen LogP contribution in [0.1, 0.15) is 32.8 Å². The molecule has 0 aromatic heterocycles. The standard InChI is InChI=1S/C19H26N2O4/c1-19(2,3)25-17(22)20-10-9-16-15(11-20)12-21(16)18(23)24-13-14-7-5-4-6-8-14/h4-8,15-16H,9-13H2,1-3H3/t15-,16-/m0/s1. The number of rotatable bonds is 2. The zero-order valence-corrected chi connectivity index (χ0v) is 15.1. The van der Waals surface area contributed by atoms with E-state index in [9.17, 15) is 9.59 Å². The highest BCUT2D eigenvalue weighted by Gasteiger charge is 2.47. The lowest BCUT2D eigenvalue weighted by Crippen LogP contribution is -2.65. The van der Waals surface area contributed by atoms with Crippen LogP contribution in [-0.2, 0) is 16.1 Å². The van der Waals surface area contributed by atoms with Crippen LogP contribution in [0.25, 0.3) is 0 Å². The van der Waals surface area contributed by atoms with Crippen LogP contribution < -0.4 is 0 Å². The van der Waals surface area contributed by atoms with E-state index in [4.69, 9.17) is 9.47 Å². The minimum Gasteiger partial charge on any atom is -0.445 e. The second kappa shape index (κ2) is 6.94. The van der Waals surface area contributed by atoms with Gasteiger partial charge in [-0.3, -0.25) is 0 Å². The summed E-state index contributed by atoms with van der Waals surface area (Å²) >= 11 is 0. The van der Waals surface area contributed by atoms with Crippen LogP contribution in [0.3, 0.4) is 0 Å². The molecule has 0 radical (unpaired) electrons. The molecule has 0 bridgehead atoms. The Morgan fingerprint density at radius 2 is 1.84 bits per heavy atom. The highest BCUT2D eigenvalue weighted by molar-refractivity contribution is 5.70. The van der Waals surface area contributed by atoms with E-state index in [1.165, 1.54) is 0 Å². The van der Waals surface area contributed by atoms with Crippen molar-refractivity contribution in [2.45, 2.75) is 45.4 Å². The number of ether oxygens (including phenoxy) is 2. The van der Waals surface area contributed by atoms with Gasteiger partial charge >= 0.3 is 12.2 Å². The Bertz CT molecular complexity index is 626. The summed E-state index contributed by atoms with van der Waals surface area (Å²) < 4.78 is 10.8. The topological polar surface area (TPSA) is 59.1 Å². The van der Waals surface area contributed by atoms with Gasteiger partial charge in [-0.25, -0.2) is 9.59 Å². The number of carbonyl (C=O) groups excluding carboxylic acids is 2. The van der Waals surface area contributed by atoms with E-state index in [-0.39, 0.29) is 24.8 Å². The first-order valence-electron chi connectivity index (χ1n) is 8.79. The quantitative estimate of drug-likeness (QED) is 0.825. The van der Waals surface area contributed by atoms with Crippen molar-refractivity contribution in [2.75, 3.05) is 19.6 Å². The van der Waals surface area contributed by atoms with Gasteiger partial charge in [0.1, 0.15) is 12.2 Å². The monoisotopic (exact) mass is 346 g/mol. The number of fused-ring (bicyclic) bond motifs is 1. The Balaban J connectivity index is 1.46. The fourth-order valence-corrected chi connectivity index (χ4v) is 3.36. The lowest BCUT2D eigenvalue weighted by molar-refractivity contribution is -0.0463. The number of carbonyl (C=O) groups is 2. The van der Waals surface area contributed by atoms with Crippen molar-refractivity contribution in [1.29, 1.82) is 0 Å². The number of piperidine rings is 1. The summed E-state index contributed by atoms with van der Waals surface area (Å²) in [5.41, 5.74) is 0.494. The molecule has 0 unspecified atom stereocenters. The number of hydrogen-bond acceptors (Lipinski definition) is 4. The number of amides is 2. The summed E-state index contributed by atoms with van der Waals surface area (Å²) in [5.74, 6) is 0.311. The first-order valence-corrected chi connectivity index (χ1v) is 8.79. The molecule has 0 aliphatic carbocycles. The van der Waals surface area contributed by atoms with Crippen LogP contribution in [0.5, 0.6) is 0 Å². The van der Waals surface area contributed by atoms with Gasteiger partial charge in [0.15, 0.2) is 0 Å². The van der Waals surface area contributed by atoms with Crippen LogP contribution >= 0.6 is 0 Å². The van der Waals surface area contributed by atoms with Crippen molar-refractivity contribution in [3.05, 3.63) is 35.9 Å². The van der Waals surface area contributed by atoms with E-state index >= 15 is 0 Å². The molecular formula is C19H26N2O4. The predicted octanol–water partition coefficient (Wildman–Crippen LogP) is 3.26. The van der Waals surface area contributed by atoms with Gasteiger partial charge in [0, 0.05) is 31.6 Å². The minimum atomic E-state index is -0.485. The third-order valence-corrected chi connectivity index (χ3v) is 4.62. The van der Waals surface area contributed by atoms with Crippen LogP contribution in [0, 0.1) is 5.92 Å². The van der Waals surface area contributed by atoms with E-state index in [1.54, 1.807) is 9.80 Å². The highest BCUT2D eigenvalue weighted by atomic mass is 16.6. The molecule has 2 saturated heterocycles. The number of likely N-dealkylation sites (tertiary alicyclic amines) is 2. The molecule has 0 N–H and O–H groups in total. The summed E-state index contributed by atoms with van der Waals surface area (Å²) in [6.07, 6.45) is 0.233. The Morgan fingerprint density at radius 1 is 1.12 bits per heavy atom. The third-order valence-electron chi connectivity index (χ3n) is 4.62. The molecule has 2 heterocycles. The average Bonchev–Trinajstić information content (AvgIpc) is 2.53. The second-order valence-electron chi connectivity index (χ2n) is 7.74. The molecule has 1 aromatic rings. The molecule has 3 rings (SSSR count). The van der Waals surface area contributed by atoms with Crippen molar-refractivity contribution < 1.29 is 19.1 Å². The summed E-state index contributed by atoms with van der Waals surface area (Å²) in [6.45, 7) is 7.78. The van der Waals surface area contributed by atoms with Gasteiger partial charge in [-0.2, -0.15) is 0 Å². The van der Waals surface area contributed by atoms with Gasteiger partial charge in [0.05, 0.1) is 0 Å². The van der Waals surface area contributed by atoms with Crippen molar-refractivity contribution >= 4 is 12.2 Å². The Hall–Kier alpha value is -2.24. The van der Waals surface area contributed by atoms with Crippen molar-refractivity contribution in [3.8, 4) is 0 Å². The van der Waals surface area contributed by atoms with Gasteiger partial charge in [-0.1, -0.05) is 30.3 Å². The van der Waals surface area contributed by atoms with E-state index in [1.807, 2.05) is 51.1 Å². The van der Waals surface area contributed by atoms with Crippen LogP contribution in [0.15, 0.2) is 30.3 Å². The predicted molar refractivity (Wildman–Crippen MR) is 93.0 cm³/mol. The highest BCUT2D eigenvalue weighted by Crippen LogP contribution is 2.33.